The standard InChI is InChI=1S/C31H32F2N4O5S/c32-30(33)23-8-6-21(7-9-23)22-10-12-25(13-11-22)43(41,42)34-26-3-2-14-35(31(26)40)19-29(39)36-16-20-15-24(18-36)27-4-1-5-28(38)37(27)17-20/h1,4-13,20,24,26,30,34H,2-3,14-19H2/t20?,24?,26-/m0/s1. The Morgan fingerprint density at radius 3 is 2.33 bits per heavy atom. The number of alkyl halides is 2. The monoisotopic (exact) mass is 610 g/mol. The van der Waals surface area contributed by atoms with Crippen molar-refractivity contribution in [2.75, 3.05) is 26.2 Å². The number of fused-ring (bicyclic) bond motifs is 4. The zero-order valence-electron chi connectivity index (χ0n) is 23.4. The van der Waals surface area contributed by atoms with E-state index in [1.807, 2.05) is 6.07 Å². The normalized spacial score (nSPS) is 22.0. The van der Waals surface area contributed by atoms with Crippen LogP contribution in [-0.4, -0.2) is 66.8 Å². The van der Waals surface area contributed by atoms with Crippen molar-refractivity contribution >= 4 is 21.8 Å². The number of aromatic nitrogens is 1. The number of amides is 2. The number of rotatable bonds is 7. The van der Waals surface area contributed by atoms with E-state index in [9.17, 15) is 31.6 Å². The number of carbonyl (C=O) groups excluding carboxylic acids is 2. The second-order valence-electron chi connectivity index (χ2n) is 11.5. The van der Waals surface area contributed by atoms with Gasteiger partial charge in [-0.1, -0.05) is 42.5 Å². The van der Waals surface area contributed by atoms with Gasteiger partial charge in [-0.05, 0) is 54.5 Å². The number of hydrogen-bond donors (Lipinski definition) is 1. The van der Waals surface area contributed by atoms with E-state index in [0.717, 1.165) is 12.1 Å². The maximum Gasteiger partial charge on any atom is 0.263 e. The van der Waals surface area contributed by atoms with E-state index in [1.165, 1.54) is 29.2 Å². The quantitative estimate of drug-likeness (QED) is 0.442. The van der Waals surface area contributed by atoms with E-state index in [-0.39, 0.29) is 40.3 Å². The molecule has 6 rings (SSSR count). The summed E-state index contributed by atoms with van der Waals surface area (Å²) in [7, 11) is -4.04. The topological polar surface area (TPSA) is 109 Å². The molecular weight excluding hydrogens is 578 g/mol. The molecule has 2 bridgehead atoms. The van der Waals surface area contributed by atoms with Crippen molar-refractivity contribution in [2.24, 2.45) is 5.92 Å². The molecule has 3 atom stereocenters. The molecule has 2 fully saturated rings. The first-order chi connectivity index (χ1) is 20.6. The second kappa shape index (κ2) is 11.6. The lowest BCUT2D eigenvalue weighted by atomic mass is 9.83. The van der Waals surface area contributed by atoms with Crippen molar-refractivity contribution in [1.82, 2.24) is 19.1 Å². The second-order valence-corrected chi connectivity index (χ2v) is 13.2. The van der Waals surface area contributed by atoms with Gasteiger partial charge in [-0.25, -0.2) is 17.2 Å². The Kier molecular flexibility index (Phi) is 7.91. The third-order valence-corrected chi connectivity index (χ3v) is 10.1. The molecule has 9 nitrogen and oxygen atoms in total. The molecule has 1 aromatic heterocycles. The summed E-state index contributed by atoms with van der Waals surface area (Å²) in [4.78, 5) is 42.1. The van der Waals surface area contributed by atoms with E-state index in [0.29, 0.717) is 50.1 Å². The summed E-state index contributed by atoms with van der Waals surface area (Å²) in [5, 5.41) is 0. The molecule has 1 N–H and O–H groups in total. The van der Waals surface area contributed by atoms with Crippen molar-refractivity contribution in [1.29, 1.82) is 0 Å². The SMILES string of the molecule is O=C(CN1CCC[C@H](NS(=O)(=O)c2ccc(-c3ccc(C(F)F)cc3)cc2)C1=O)N1CC2CC(C1)c1cccc(=O)n1C2. The van der Waals surface area contributed by atoms with Gasteiger partial charge in [0.25, 0.3) is 12.0 Å². The van der Waals surface area contributed by atoms with Gasteiger partial charge in [-0.3, -0.25) is 14.4 Å². The highest BCUT2D eigenvalue weighted by Crippen LogP contribution is 2.35. The lowest BCUT2D eigenvalue weighted by Gasteiger charge is -2.43. The first-order valence-corrected chi connectivity index (χ1v) is 15.8. The molecule has 3 aliphatic heterocycles. The van der Waals surface area contributed by atoms with Gasteiger partial charge in [-0.2, -0.15) is 4.72 Å². The Bertz CT molecular complexity index is 1690. The van der Waals surface area contributed by atoms with Crippen LogP contribution in [0.4, 0.5) is 8.78 Å². The van der Waals surface area contributed by atoms with Gasteiger partial charge in [0, 0.05) is 49.4 Å². The number of halogens is 2. The van der Waals surface area contributed by atoms with Gasteiger partial charge < -0.3 is 14.4 Å². The predicted molar refractivity (Wildman–Crippen MR) is 155 cm³/mol. The van der Waals surface area contributed by atoms with Crippen LogP contribution in [0.15, 0.2) is 76.4 Å². The average molecular weight is 611 g/mol. The minimum atomic E-state index is -4.04. The molecule has 2 aromatic carbocycles. The molecule has 2 unspecified atom stereocenters. The summed E-state index contributed by atoms with van der Waals surface area (Å²) >= 11 is 0. The van der Waals surface area contributed by atoms with Crippen LogP contribution in [0.2, 0.25) is 0 Å². The number of hydrogen-bond acceptors (Lipinski definition) is 5. The number of carbonyl (C=O) groups is 2. The Labute approximate surface area is 248 Å². The van der Waals surface area contributed by atoms with Crippen LogP contribution >= 0.6 is 0 Å². The number of piperidine rings is 2. The molecule has 12 heteroatoms. The molecule has 226 valence electrons. The highest BCUT2D eigenvalue weighted by molar-refractivity contribution is 7.89. The van der Waals surface area contributed by atoms with Crippen LogP contribution in [0.1, 0.15) is 42.9 Å². The molecule has 0 radical (unpaired) electrons. The van der Waals surface area contributed by atoms with Crippen LogP contribution in [-0.2, 0) is 26.2 Å². The fraction of sp³-hybridized carbons (Fsp3) is 0.387. The molecule has 3 aliphatic rings. The van der Waals surface area contributed by atoms with Crippen molar-refractivity contribution in [2.45, 2.75) is 49.1 Å². The van der Waals surface area contributed by atoms with E-state index in [2.05, 4.69) is 4.72 Å². The lowest BCUT2D eigenvalue weighted by Crippen LogP contribution is -2.56. The Morgan fingerprint density at radius 2 is 1.63 bits per heavy atom. The van der Waals surface area contributed by atoms with Gasteiger partial charge in [0.05, 0.1) is 11.4 Å². The fourth-order valence-electron chi connectivity index (χ4n) is 6.47. The van der Waals surface area contributed by atoms with Crippen LogP contribution in [0.5, 0.6) is 0 Å². The van der Waals surface area contributed by atoms with Crippen molar-refractivity contribution in [3.05, 3.63) is 88.3 Å². The largest absolute Gasteiger partial charge is 0.340 e. The molecule has 43 heavy (non-hydrogen) atoms. The Morgan fingerprint density at radius 1 is 0.930 bits per heavy atom. The summed E-state index contributed by atoms with van der Waals surface area (Å²) in [5.74, 6) is -0.399. The summed E-state index contributed by atoms with van der Waals surface area (Å²) in [5.41, 5.74) is 2.14. The molecule has 4 heterocycles. The van der Waals surface area contributed by atoms with Crippen LogP contribution < -0.4 is 10.3 Å². The highest BCUT2D eigenvalue weighted by Gasteiger charge is 2.38. The van der Waals surface area contributed by atoms with Crippen LogP contribution in [0.3, 0.4) is 0 Å². The molecule has 3 aromatic rings. The number of likely N-dealkylation sites (tertiary alicyclic amines) is 2. The van der Waals surface area contributed by atoms with Gasteiger partial charge in [0.15, 0.2) is 0 Å². The molecule has 0 spiro atoms. The lowest BCUT2D eigenvalue weighted by molar-refractivity contribution is -0.144. The summed E-state index contributed by atoms with van der Waals surface area (Å²) < 4.78 is 56.3. The zero-order valence-corrected chi connectivity index (χ0v) is 24.2. The number of sulfonamides is 1. The maximum absolute atomic E-state index is 13.3. The maximum atomic E-state index is 13.3. The number of pyridine rings is 1. The summed E-state index contributed by atoms with van der Waals surface area (Å²) in [6.07, 6.45) is -0.802. The van der Waals surface area contributed by atoms with Gasteiger partial charge in [0.2, 0.25) is 21.8 Å². The summed E-state index contributed by atoms with van der Waals surface area (Å²) in [6.45, 7) is 1.79. The van der Waals surface area contributed by atoms with Crippen LogP contribution in [0.25, 0.3) is 11.1 Å². The third-order valence-electron chi connectivity index (χ3n) is 8.65. The Hall–Kier alpha value is -3.90. The Balaban J connectivity index is 1.08. The smallest absolute Gasteiger partial charge is 0.263 e. The van der Waals surface area contributed by atoms with Crippen LogP contribution in [0, 0.1) is 5.92 Å². The van der Waals surface area contributed by atoms with Crippen molar-refractivity contribution < 1.29 is 26.8 Å². The van der Waals surface area contributed by atoms with E-state index in [1.54, 1.807) is 45.9 Å². The number of nitrogens with zero attached hydrogens (tertiary/aromatic N) is 3. The molecule has 2 amide bonds. The van der Waals surface area contributed by atoms with Gasteiger partial charge in [-0.15, -0.1) is 0 Å². The first-order valence-electron chi connectivity index (χ1n) is 14.4. The number of nitrogens with one attached hydrogen (secondary N) is 1. The van der Waals surface area contributed by atoms with E-state index >= 15 is 0 Å². The molecular formula is C31H32F2N4O5S. The first kappa shape index (κ1) is 29.2. The van der Waals surface area contributed by atoms with Gasteiger partial charge in [0.1, 0.15) is 6.04 Å². The minimum absolute atomic E-state index is 0.0271. The van der Waals surface area contributed by atoms with Gasteiger partial charge >= 0.3 is 0 Å². The fourth-order valence-corrected chi connectivity index (χ4v) is 7.70. The zero-order chi connectivity index (χ0) is 30.3. The van der Waals surface area contributed by atoms with E-state index < -0.39 is 28.4 Å². The minimum Gasteiger partial charge on any atom is -0.340 e. The predicted octanol–water partition coefficient (Wildman–Crippen LogP) is 3.37. The highest BCUT2D eigenvalue weighted by atomic mass is 32.2. The molecule has 2 saturated heterocycles. The van der Waals surface area contributed by atoms with Crippen molar-refractivity contribution in [3.8, 4) is 11.1 Å². The summed E-state index contributed by atoms with van der Waals surface area (Å²) in [6, 6.07) is 16.0. The number of benzene rings is 2. The molecule has 0 aliphatic carbocycles. The third kappa shape index (κ3) is 5.98. The average Bonchev–Trinajstić information content (AvgIpc) is 2.99. The van der Waals surface area contributed by atoms with E-state index in [4.69, 9.17) is 0 Å². The molecule has 0 saturated carbocycles. The van der Waals surface area contributed by atoms with Crippen molar-refractivity contribution in [3.63, 3.8) is 0 Å².